The summed E-state index contributed by atoms with van der Waals surface area (Å²) in [6, 6.07) is 12.6. The number of benzene rings is 1. The van der Waals surface area contributed by atoms with Crippen molar-refractivity contribution in [1.29, 1.82) is 0 Å². The number of nitrogens with one attached hydrogen (secondary N) is 2. The average Bonchev–Trinajstić information content (AvgIpc) is 3.08. The summed E-state index contributed by atoms with van der Waals surface area (Å²) in [7, 11) is 0. The molecule has 1 aromatic carbocycles. The van der Waals surface area contributed by atoms with Gasteiger partial charge in [-0.15, -0.1) is 24.8 Å². The van der Waals surface area contributed by atoms with Crippen molar-refractivity contribution in [3.8, 4) is 11.1 Å². The number of pyridine rings is 1. The quantitative estimate of drug-likeness (QED) is 0.825. The van der Waals surface area contributed by atoms with E-state index >= 15 is 0 Å². The number of carbonyl (C=O) groups is 1. The molecule has 0 aliphatic carbocycles. The van der Waals surface area contributed by atoms with Crippen molar-refractivity contribution in [2.45, 2.75) is 38.3 Å². The fourth-order valence-corrected chi connectivity index (χ4v) is 3.04. The van der Waals surface area contributed by atoms with Crippen molar-refractivity contribution >= 4 is 30.7 Å². The van der Waals surface area contributed by atoms with Gasteiger partial charge in [-0.1, -0.05) is 30.3 Å². The highest BCUT2D eigenvalue weighted by atomic mass is 35.5. The van der Waals surface area contributed by atoms with Gasteiger partial charge in [-0.25, -0.2) is 0 Å². The second-order valence-corrected chi connectivity index (χ2v) is 6.15. The lowest BCUT2D eigenvalue weighted by molar-refractivity contribution is -0.122. The Hall–Kier alpha value is -1.62. The van der Waals surface area contributed by atoms with E-state index in [0.717, 1.165) is 29.7 Å². The lowest BCUT2D eigenvalue weighted by atomic mass is 10.0. The van der Waals surface area contributed by atoms with Gasteiger partial charge in [0.05, 0.1) is 6.04 Å². The van der Waals surface area contributed by atoms with Gasteiger partial charge in [0.25, 0.3) is 0 Å². The van der Waals surface area contributed by atoms with Crippen LogP contribution in [0.5, 0.6) is 0 Å². The number of halogens is 2. The van der Waals surface area contributed by atoms with E-state index in [1.807, 2.05) is 25.3 Å². The van der Waals surface area contributed by atoms with Gasteiger partial charge in [-0.05, 0) is 49.1 Å². The monoisotopic (exact) mass is 381 g/mol. The summed E-state index contributed by atoms with van der Waals surface area (Å²) in [6.45, 7) is 3.06. The van der Waals surface area contributed by atoms with E-state index < -0.39 is 0 Å². The van der Waals surface area contributed by atoms with Gasteiger partial charge in [0.15, 0.2) is 0 Å². The minimum Gasteiger partial charge on any atom is -0.350 e. The maximum Gasteiger partial charge on any atom is 0.222 e. The third-order valence-electron chi connectivity index (χ3n) is 4.38. The highest BCUT2D eigenvalue weighted by Gasteiger charge is 2.18. The van der Waals surface area contributed by atoms with E-state index in [9.17, 15) is 4.79 Å². The summed E-state index contributed by atoms with van der Waals surface area (Å²) in [4.78, 5) is 16.3. The minimum absolute atomic E-state index is 0. The zero-order valence-electron chi connectivity index (χ0n) is 14.3. The molecule has 1 amide bonds. The van der Waals surface area contributed by atoms with Gasteiger partial charge in [0, 0.05) is 24.9 Å². The van der Waals surface area contributed by atoms with Crippen LogP contribution in [0, 0.1) is 0 Å². The molecule has 25 heavy (non-hydrogen) atoms. The van der Waals surface area contributed by atoms with Gasteiger partial charge >= 0.3 is 0 Å². The van der Waals surface area contributed by atoms with Crippen LogP contribution in [0.4, 0.5) is 0 Å². The fourth-order valence-electron chi connectivity index (χ4n) is 3.04. The predicted octanol–water partition coefficient (Wildman–Crippen LogP) is 3.91. The minimum atomic E-state index is 0. The second kappa shape index (κ2) is 10.4. The van der Waals surface area contributed by atoms with Crippen molar-refractivity contribution in [2.75, 3.05) is 6.54 Å². The molecule has 2 unspecified atom stereocenters. The molecule has 1 aliphatic heterocycles. The lowest BCUT2D eigenvalue weighted by Gasteiger charge is -2.17. The first kappa shape index (κ1) is 21.4. The molecule has 1 aromatic heterocycles. The fraction of sp³-hybridized carbons (Fsp3) is 0.368. The Kier molecular flexibility index (Phi) is 8.90. The van der Waals surface area contributed by atoms with E-state index in [2.05, 4.69) is 39.9 Å². The summed E-state index contributed by atoms with van der Waals surface area (Å²) in [5.74, 6) is 0.119. The zero-order chi connectivity index (χ0) is 16.1. The number of nitrogens with zero attached hydrogens (tertiary/aromatic N) is 1. The van der Waals surface area contributed by atoms with Crippen molar-refractivity contribution < 1.29 is 4.79 Å². The zero-order valence-corrected chi connectivity index (χ0v) is 15.9. The van der Waals surface area contributed by atoms with Crippen LogP contribution in [0.1, 0.15) is 37.8 Å². The van der Waals surface area contributed by atoms with Gasteiger partial charge < -0.3 is 10.6 Å². The summed E-state index contributed by atoms with van der Waals surface area (Å²) in [5, 5.41) is 6.45. The number of hydrogen-bond donors (Lipinski definition) is 2. The van der Waals surface area contributed by atoms with Crippen LogP contribution in [-0.2, 0) is 4.79 Å². The van der Waals surface area contributed by atoms with Crippen LogP contribution in [0.15, 0.2) is 48.8 Å². The second-order valence-electron chi connectivity index (χ2n) is 6.15. The SMILES string of the molecule is CC(NC(=O)CC1CCCN1)c1ccc(-c2cccnc2)cc1.Cl.Cl. The van der Waals surface area contributed by atoms with Crippen LogP contribution in [0.2, 0.25) is 0 Å². The Labute approximate surface area is 161 Å². The van der Waals surface area contributed by atoms with Gasteiger partial charge in [0.2, 0.25) is 5.91 Å². The molecule has 0 radical (unpaired) electrons. The highest BCUT2D eigenvalue weighted by Crippen LogP contribution is 2.21. The molecule has 1 fully saturated rings. The summed E-state index contributed by atoms with van der Waals surface area (Å²) in [5.41, 5.74) is 3.35. The van der Waals surface area contributed by atoms with Crippen LogP contribution in [0.3, 0.4) is 0 Å². The number of carbonyl (C=O) groups excluding carboxylic acids is 1. The molecule has 2 N–H and O–H groups in total. The number of aromatic nitrogens is 1. The highest BCUT2D eigenvalue weighted by molar-refractivity contribution is 5.85. The van der Waals surface area contributed by atoms with E-state index in [-0.39, 0.29) is 36.8 Å². The molecule has 6 heteroatoms. The Morgan fingerprint density at radius 3 is 2.60 bits per heavy atom. The average molecular weight is 382 g/mol. The smallest absolute Gasteiger partial charge is 0.222 e. The molecule has 2 heterocycles. The Morgan fingerprint density at radius 1 is 1.24 bits per heavy atom. The first-order chi connectivity index (χ1) is 11.2. The molecular weight excluding hydrogens is 357 g/mol. The van der Waals surface area contributed by atoms with Gasteiger partial charge in [-0.3, -0.25) is 9.78 Å². The summed E-state index contributed by atoms with van der Waals surface area (Å²) in [6.07, 6.45) is 6.46. The lowest BCUT2D eigenvalue weighted by Crippen LogP contribution is -2.33. The molecule has 0 bridgehead atoms. The van der Waals surface area contributed by atoms with Crippen LogP contribution in [-0.4, -0.2) is 23.5 Å². The first-order valence-corrected chi connectivity index (χ1v) is 8.25. The predicted molar refractivity (Wildman–Crippen MR) is 106 cm³/mol. The molecule has 136 valence electrons. The van der Waals surface area contributed by atoms with Crippen molar-refractivity contribution in [3.63, 3.8) is 0 Å². The summed E-state index contributed by atoms with van der Waals surface area (Å²) < 4.78 is 0. The third-order valence-corrected chi connectivity index (χ3v) is 4.38. The van der Waals surface area contributed by atoms with Gasteiger partial charge in [0.1, 0.15) is 0 Å². The topological polar surface area (TPSA) is 54.0 Å². The van der Waals surface area contributed by atoms with Crippen LogP contribution in [0.25, 0.3) is 11.1 Å². The Morgan fingerprint density at radius 2 is 2.00 bits per heavy atom. The standard InChI is InChI=1S/C19H23N3O.2ClH/c1-14(22-19(23)12-18-5-3-11-21-18)15-6-8-16(9-7-15)17-4-2-10-20-13-17;;/h2,4,6-10,13-14,18,21H,3,5,11-12H2,1H3,(H,22,23);2*1H. The van der Waals surface area contributed by atoms with Crippen LogP contribution < -0.4 is 10.6 Å². The van der Waals surface area contributed by atoms with E-state index in [1.165, 1.54) is 6.42 Å². The maximum absolute atomic E-state index is 12.1. The largest absolute Gasteiger partial charge is 0.350 e. The van der Waals surface area contributed by atoms with Crippen LogP contribution >= 0.6 is 24.8 Å². The Bertz CT molecular complexity index is 643. The molecule has 1 aliphatic rings. The molecule has 2 aromatic rings. The summed E-state index contributed by atoms with van der Waals surface area (Å²) >= 11 is 0. The number of rotatable bonds is 5. The molecule has 4 nitrogen and oxygen atoms in total. The van der Waals surface area contributed by atoms with E-state index in [1.54, 1.807) is 6.20 Å². The molecular formula is C19H25Cl2N3O. The molecule has 2 atom stereocenters. The molecule has 1 saturated heterocycles. The van der Waals surface area contributed by atoms with E-state index in [4.69, 9.17) is 0 Å². The number of amides is 1. The third kappa shape index (κ3) is 5.99. The molecule has 0 spiro atoms. The number of hydrogen-bond acceptors (Lipinski definition) is 3. The molecule has 0 saturated carbocycles. The van der Waals surface area contributed by atoms with Crippen molar-refractivity contribution in [2.24, 2.45) is 0 Å². The van der Waals surface area contributed by atoms with E-state index in [0.29, 0.717) is 12.5 Å². The first-order valence-electron chi connectivity index (χ1n) is 8.25. The van der Waals surface area contributed by atoms with Crippen molar-refractivity contribution in [3.05, 3.63) is 54.4 Å². The molecule has 3 rings (SSSR count). The van der Waals surface area contributed by atoms with Crippen molar-refractivity contribution in [1.82, 2.24) is 15.6 Å². The normalized spacial score (nSPS) is 17.1. The Balaban J connectivity index is 0.00000156. The van der Waals surface area contributed by atoms with Gasteiger partial charge in [-0.2, -0.15) is 0 Å². The maximum atomic E-state index is 12.1.